The second kappa shape index (κ2) is 11.4. The van der Waals surface area contributed by atoms with E-state index in [1.165, 1.54) is 6.07 Å². The van der Waals surface area contributed by atoms with Crippen molar-refractivity contribution in [2.45, 2.75) is 38.6 Å². The molecule has 41 heavy (non-hydrogen) atoms. The zero-order valence-electron chi connectivity index (χ0n) is 22.2. The van der Waals surface area contributed by atoms with Gasteiger partial charge in [-0.2, -0.15) is 4.98 Å². The normalized spacial score (nSPS) is 17.1. The smallest absolute Gasteiger partial charge is 0.335 e. The number of hydrogen-bond acceptors (Lipinski definition) is 7. The quantitative estimate of drug-likeness (QED) is 0.292. The molecule has 1 saturated heterocycles. The summed E-state index contributed by atoms with van der Waals surface area (Å²) in [5.41, 5.74) is 3.40. The number of fused-ring (bicyclic) bond motifs is 1. The molecule has 0 bridgehead atoms. The Balaban J connectivity index is 1.14. The van der Waals surface area contributed by atoms with Gasteiger partial charge < -0.3 is 19.1 Å². The van der Waals surface area contributed by atoms with E-state index in [1.54, 1.807) is 42.6 Å². The molecule has 2 aliphatic heterocycles. The fourth-order valence-electron chi connectivity index (χ4n) is 4.97. The van der Waals surface area contributed by atoms with Crippen LogP contribution >= 0.6 is 0 Å². The van der Waals surface area contributed by atoms with Crippen molar-refractivity contribution in [3.05, 3.63) is 94.7 Å². The lowest BCUT2D eigenvalue weighted by molar-refractivity contribution is -0.0591. The van der Waals surface area contributed by atoms with Crippen LogP contribution in [-0.4, -0.2) is 61.3 Å². The molecule has 0 saturated carbocycles. The summed E-state index contributed by atoms with van der Waals surface area (Å²) in [6, 6.07) is 11.0. The number of nitrogens with zero attached hydrogens (tertiary/aromatic N) is 6. The van der Waals surface area contributed by atoms with Gasteiger partial charge in [-0.25, -0.2) is 24.0 Å². The number of carbonyl (C=O) groups is 1. The number of ether oxygens (including phenoxy) is 2. The molecule has 0 spiro atoms. The number of hydrogen-bond donors (Lipinski definition) is 1. The van der Waals surface area contributed by atoms with E-state index in [9.17, 15) is 14.3 Å². The van der Waals surface area contributed by atoms with Crippen LogP contribution in [0.25, 0.3) is 21.5 Å². The van der Waals surface area contributed by atoms with Crippen molar-refractivity contribution in [3.63, 3.8) is 0 Å². The van der Waals surface area contributed by atoms with Crippen LogP contribution in [-0.2, 0) is 24.4 Å². The number of imidazole rings is 1. The predicted molar refractivity (Wildman–Crippen MR) is 148 cm³/mol. The number of carboxylic acids is 1. The van der Waals surface area contributed by atoms with Gasteiger partial charge in [0.25, 0.3) is 0 Å². The Kier molecular flexibility index (Phi) is 7.41. The van der Waals surface area contributed by atoms with Crippen LogP contribution in [0.5, 0.6) is 5.88 Å². The molecule has 4 heterocycles. The summed E-state index contributed by atoms with van der Waals surface area (Å²) in [7, 11) is 0. The lowest BCUT2D eigenvalue weighted by atomic mass is 10.1. The Labute approximate surface area is 235 Å². The number of aromatic carboxylic acids is 1. The van der Waals surface area contributed by atoms with E-state index in [2.05, 4.69) is 30.4 Å². The van der Waals surface area contributed by atoms with E-state index in [0.717, 1.165) is 48.4 Å². The highest BCUT2D eigenvalue weighted by atomic mass is 19.1. The van der Waals surface area contributed by atoms with Gasteiger partial charge in [0.2, 0.25) is 5.88 Å². The third-order valence-corrected chi connectivity index (χ3v) is 7.37. The summed E-state index contributed by atoms with van der Waals surface area (Å²) in [6.07, 6.45) is 5.52. The molecular weight excluding hydrogens is 527 g/mol. The standard InChI is InChI=1S/C30H27FN6O4/c1-32-22-4-2-21(24(31)15-22)18-41-28-6-10-33-29(35-28)19-7-11-36(12-8-19)17-27-34-25-5-3-20(30(38)39)14-26(25)37(27)16-23-9-13-40-23/h2-7,10,14-15,23H,8-9,11-13,16-18H2,(H,38,39)/t23-/m0/s1. The molecule has 1 fully saturated rings. The molecule has 0 unspecified atom stereocenters. The predicted octanol–water partition coefficient (Wildman–Crippen LogP) is 4.87. The first-order valence-electron chi connectivity index (χ1n) is 13.3. The van der Waals surface area contributed by atoms with Crippen molar-refractivity contribution >= 4 is 28.3 Å². The van der Waals surface area contributed by atoms with Crippen LogP contribution in [0.4, 0.5) is 10.1 Å². The summed E-state index contributed by atoms with van der Waals surface area (Å²) in [6.45, 7) is 10.4. The average molecular weight is 555 g/mol. The molecule has 2 aliphatic rings. The molecular formula is C30H27FN6O4. The van der Waals surface area contributed by atoms with Gasteiger partial charge in [-0.15, -0.1) is 0 Å². The second-order valence-electron chi connectivity index (χ2n) is 10.0. The third kappa shape index (κ3) is 5.79. The maximum absolute atomic E-state index is 14.2. The molecule has 6 rings (SSSR count). The minimum absolute atomic E-state index is 0.00571. The Bertz CT molecular complexity index is 1690. The van der Waals surface area contributed by atoms with Crippen molar-refractivity contribution in [2.24, 2.45) is 0 Å². The van der Waals surface area contributed by atoms with Crippen molar-refractivity contribution in [1.29, 1.82) is 0 Å². The van der Waals surface area contributed by atoms with Gasteiger partial charge in [0, 0.05) is 37.5 Å². The van der Waals surface area contributed by atoms with Crippen LogP contribution in [0.2, 0.25) is 0 Å². The average Bonchev–Trinajstić information content (AvgIpc) is 3.30. The topological polar surface area (TPSA) is 107 Å². The molecule has 0 amide bonds. The fourth-order valence-corrected chi connectivity index (χ4v) is 4.97. The van der Waals surface area contributed by atoms with E-state index >= 15 is 0 Å². The Morgan fingerprint density at radius 1 is 1.22 bits per heavy atom. The van der Waals surface area contributed by atoms with Gasteiger partial charge >= 0.3 is 5.97 Å². The zero-order valence-corrected chi connectivity index (χ0v) is 22.2. The SMILES string of the molecule is [C-]#[N+]c1ccc(COc2ccnc(C3=CCN(Cc4nc5ccc(C(=O)O)cc5n4C[C@@H]4CCO4)CC3)n2)c(F)c1. The molecule has 2 aromatic carbocycles. The summed E-state index contributed by atoms with van der Waals surface area (Å²) >= 11 is 0. The maximum Gasteiger partial charge on any atom is 0.335 e. The van der Waals surface area contributed by atoms with Gasteiger partial charge in [-0.1, -0.05) is 18.2 Å². The Hall–Kier alpha value is -4.66. The number of rotatable bonds is 9. The summed E-state index contributed by atoms with van der Waals surface area (Å²) in [5, 5.41) is 9.48. The Morgan fingerprint density at radius 2 is 2.10 bits per heavy atom. The highest BCUT2D eigenvalue weighted by molar-refractivity contribution is 5.92. The van der Waals surface area contributed by atoms with E-state index in [-0.39, 0.29) is 24.0 Å². The highest BCUT2D eigenvalue weighted by Crippen LogP contribution is 2.26. The van der Waals surface area contributed by atoms with E-state index in [0.29, 0.717) is 36.9 Å². The van der Waals surface area contributed by atoms with Gasteiger partial charge in [0.05, 0.1) is 42.4 Å². The third-order valence-electron chi connectivity index (χ3n) is 7.37. The van der Waals surface area contributed by atoms with Gasteiger partial charge in [0.15, 0.2) is 11.5 Å². The minimum atomic E-state index is -0.964. The lowest BCUT2D eigenvalue weighted by Crippen LogP contribution is -2.33. The van der Waals surface area contributed by atoms with Crippen LogP contribution in [0, 0.1) is 12.4 Å². The van der Waals surface area contributed by atoms with Crippen molar-refractivity contribution in [1.82, 2.24) is 24.4 Å². The number of carboxylic acid groups (broad SMARTS) is 1. The number of halogens is 1. The van der Waals surface area contributed by atoms with E-state index in [1.807, 2.05) is 0 Å². The molecule has 0 aliphatic carbocycles. The largest absolute Gasteiger partial charge is 0.478 e. The van der Waals surface area contributed by atoms with Gasteiger partial charge in [-0.3, -0.25) is 4.90 Å². The Morgan fingerprint density at radius 3 is 2.80 bits per heavy atom. The first-order valence-corrected chi connectivity index (χ1v) is 13.3. The minimum Gasteiger partial charge on any atom is -0.478 e. The van der Waals surface area contributed by atoms with E-state index in [4.69, 9.17) is 21.0 Å². The molecule has 11 heteroatoms. The van der Waals surface area contributed by atoms with Crippen LogP contribution in [0.3, 0.4) is 0 Å². The van der Waals surface area contributed by atoms with Crippen molar-refractivity contribution in [3.8, 4) is 5.88 Å². The fraction of sp³-hybridized carbons (Fsp3) is 0.300. The summed E-state index contributed by atoms with van der Waals surface area (Å²) < 4.78 is 27.7. The molecule has 1 atom stereocenters. The second-order valence-corrected chi connectivity index (χ2v) is 10.0. The highest BCUT2D eigenvalue weighted by Gasteiger charge is 2.24. The van der Waals surface area contributed by atoms with Gasteiger partial charge in [0.1, 0.15) is 18.2 Å². The maximum atomic E-state index is 14.2. The molecule has 4 aromatic rings. The molecule has 10 nitrogen and oxygen atoms in total. The van der Waals surface area contributed by atoms with Crippen LogP contribution in [0.15, 0.2) is 54.7 Å². The van der Waals surface area contributed by atoms with Crippen LogP contribution < -0.4 is 4.74 Å². The summed E-state index contributed by atoms with van der Waals surface area (Å²) in [5.74, 6) is 0.340. The van der Waals surface area contributed by atoms with E-state index < -0.39 is 11.8 Å². The van der Waals surface area contributed by atoms with Crippen LogP contribution in [0.1, 0.15) is 40.4 Å². The molecule has 0 radical (unpaired) electrons. The number of aromatic nitrogens is 4. The summed E-state index contributed by atoms with van der Waals surface area (Å²) in [4.78, 5) is 30.9. The zero-order chi connectivity index (χ0) is 28.3. The molecule has 1 N–H and O–H groups in total. The molecule has 2 aromatic heterocycles. The monoisotopic (exact) mass is 554 g/mol. The van der Waals surface area contributed by atoms with Crippen molar-refractivity contribution < 1.29 is 23.8 Å². The number of benzene rings is 2. The molecule has 208 valence electrons. The lowest BCUT2D eigenvalue weighted by Gasteiger charge is -2.29. The first kappa shape index (κ1) is 26.6. The van der Waals surface area contributed by atoms with Gasteiger partial charge in [-0.05, 0) is 42.7 Å². The van der Waals surface area contributed by atoms with Crippen molar-refractivity contribution in [2.75, 3.05) is 19.7 Å². The first-order chi connectivity index (χ1) is 20.0.